The quantitative estimate of drug-likeness (QED) is 0.618. The first-order valence-corrected chi connectivity index (χ1v) is 8.28. The van der Waals surface area contributed by atoms with Gasteiger partial charge in [0.15, 0.2) is 11.5 Å². The van der Waals surface area contributed by atoms with Crippen molar-refractivity contribution in [3.05, 3.63) is 59.7 Å². The molecule has 2 rings (SSSR count). The Hall–Kier alpha value is -3.32. The maximum atomic E-state index is 12.2. The molecule has 2 aromatic rings. The number of nitrogens with one attached hydrogen (secondary N) is 2. The fourth-order valence-electron chi connectivity index (χ4n) is 2.36. The number of carbonyl (C=O) groups excluding carboxylic acids is 2. The predicted molar refractivity (Wildman–Crippen MR) is 103 cm³/mol. The van der Waals surface area contributed by atoms with E-state index in [9.17, 15) is 9.59 Å². The molecule has 0 bridgehead atoms. The second-order valence-corrected chi connectivity index (χ2v) is 5.46. The Morgan fingerprint density at radius 2 is 1.81 bits per heavy atom. The molecular formula is C20H22N2O5. The monoisotopic (exact) mass is 370 g/mol. The Morgan fingerprint density at radius 1 is 1.07 bits per heavy atom. The first kappa shape index (κ1) is 20.0. The molecule has 7 nitrogen and oxygen atoms in total. The summed E-state index contributed by atoms with van der Waals surface area (Å²) in [4.78, 5) is 24.3. The SMILES string of the molecule is COc1ccc(C=CC(=O)Nc2ccccc2C(=O)NCCO)cc1OC. The van der Waals surface area contributed by atoms with E-state index in [-0.39, 0.29) is 25.0 Å². The molecular weight excluding hydrogens is 348 g/mol. The van der Waals surface area contributed by atoms with E-state index in [4.69, 9.17) is 14.6 Å². The van der Waals surface area contributed by atoms with Crippen LogP contribution >= 0.6 is 0 Å². The number of anilines is 1. The summed E-state index contributed by atoms with van der Waals surface area (Å²) in [6, 6.07) is 11.9. The minimum Gasteiger partial charge on any atom is -0.493 e. The molecule has 0 unspecified atom stereocenters. The molecule has 3 N–H and O–H groups in total. The average Bonchev–Trinajstić information content (AvgIpc) is 2.70. The van der Waals surface area contributed by atoms with E-state index >= 15 is 0 Å². The molecule has 0 aliphatic rings. The highest BCUT2D eigenvalue weighted by molar-refractivity contribution is 6.07. The van der Waals surface area contributed by atoms with Gasteiger partial charge in [0.25, 0.3) is 5.91 Å². The molecule has 2 aromatic carbocycles. The van der Waals surface area contributed by atoms with Crippen molar-refractivity contribution >= 4 is 23.6 Å². The summed E-state index contributed by atoms with van der Waals surface area (Å²) in [6.07, 6.45) is 3.00. The van der Waals surface area contributed by atoms with E-state index in [0.717, 1.165) is 5.56 Å². The summed E-state index contributed by atoms with van der Waals surface area (Å²) in [5.41, 5.74) is 1.46. The highest BCUT2D eigenvalue weighted by Crippen LogP contribution is 2.28. The number of amides is 2. The molecule has 0 saturated heterocycles. The minimum atomic E-state index is -0.382. The van der Waals surface area contributed by atoms with Crippen LogP contribution in [0, 0.1) is 0 Å². The number of rotatable bonds is 8. The molecule has 27 heavy (non-hydrogen) atoms. The lowest BCUT2D eigenvalue weighted by atomic mass is 10.1. The molecule has 0 fully saturated rings. The third-order valence-corrected chi connectivity index (χ3v) is 3.66. The summed E-state index contributed by atoms with van der Waals surface area (Å²) in [7, 11) is 3.09. The number of hydrogen-bond donors (Lipinski definition) is 3. The molecule has 0 saturated carbocycles. The summed E-state index contributed by atoms with van der Waals surface area (Å²) in [6.45, 7) is -0.0192. The third-order valence-electron chi connectivity index (χ3n) is 3.66. The number of methoxy groups -OCH3 is 2. The van der Waals surface area contributed by atoms with Gasteiger partial charge in [-0.05, 0) is 35.9 Å². The molecule has 0 spiro atoms. The van der Waals surface area contributed by atoms with Crippen LogP contribution in [0.2, 0.25) is 0 Å². The zero-order valence-electron chi connectivity index (χ0n) is 15.2. The molecule has 0 aliphatic carbocycles. The molecule has 142 valence electrons. The number of carbonyl (C=O) groups is 2. The molecule has 0 atom stereocenters. The number of aliphatic hydroxyl groups excluding tert-OH is 1. The number of ether oxygens (including phenoxy) is 2. The van der Waals surface area contributed by atoms with Crippen molar-refractivity contribution in [3.8, 4) is 11.5 Å². The van der Waals surface area contributed by atoms with Crippen molar-refractivity contribution in [3.63, 3.8) is 0 Å². The summed E-state index contributed by atoms with van der Waals surface area (Å²) in [5, 5.41) is 14.1. The van der Waals surface area contributed by atoms with Crippen LogP contribution in [0.1, 0.15) is 15.9 Å². The molecule has 2 amide bonds. The topological polar surface area (TPSA) is 96.9 Å². The minimum absolute atomic E-state index is 0.139. The first-order valence-electron chi connectivity index (χ1n) is 8.28. The zero-order valence-corrected chi connectivity index (χ0v) is 15.2. The number of benzene rings is 2. The van der Waals surface area contributed by atoms with Gasteiger partial charge in [-0.2, -0.15) is 0 Å². The van der Waals surface area contributed by atoms with Gasteiger partial charge in [-0.25, -0.2) is 0 Å². The Morgan fingerprint density at radius 3 is 2.52 bits per heavy atom. The van der Waals surface area contributed by atoms with Crippen LogP contribution in [0.5, 0.6) is 11.5 Å². The van der Waals surface area contributed by atoms with E-state index in [0.29, 0.717) is 22.7 Å². The lowest BCUT2D eigenvalue weighted by Crippen LogP contribution is -2.27. The van der Waals surface area contributed by atoms with Crippen LogP contribution < -0.4 is 20.1 Å². The van der Waals surface area contributed by atoms with Crippen molar-refractivity contribution in [1.82, 2.24) is 5.32 Å². The molecule has 7 heteroatoms. The van der Waals surface area contributed by atoms with Crippen LogP contribution in [0.15, 0.2) is 48.5 Å². The van der Waals surface area contributed by atoms with Crippen molar-refractivity contribution in [2.75, 3.05) is 32.7 Å². The van der Waals surface area contributed by atoms with Crippen LogP contribution in [0.3, 0.4) is 0 Å². The van der Waals surface area contributed by atoms with Gasteiger partial charge in [0.05, 0.1) is 32.1 Å². The molecule has 0 aliphatic heterocycles. The lowest BCUT2D eigenvalue weighted by Gasteiger charge is -2.10. The highest BCUT2D eigenvalue weighted by Gasteiger charge is 2.11. The number of para-hydroxylation sites is 1. The van der Waals surface area contributed by atoms with Crippen LogP contribution in [0.25, 0.3) is 6.08 Å². The molecule has 0 heterocycles. The fraction of sp³-hybridized carbons (Fsp3) is 0.200. The second-order valence-electron chi connectivity index (χ2n) is 5.46. The van der Waals surface area contributed by atoms with Gasteiger partial charge in [-0.1, -0.05) is 18.2 Å². The smallest absolute Gasteiger partial charge is 0.253 e. The van der Waals surface area contributed by atoms with Crippen LogP contribution in [-0.2, 0) is 4.79 Å². The average molecular weight is 370 g/mol. The largest absolute Gasteiger partial charge is 0.493 e. The van der Waals surface area contributed by atoms with Crippen molar-refractivity contribution in [1.29, 1.82) is 0 Å². The van der Waals surface area contributed by atoms with Crippen LogP contribution in [0.4, 0.5) is 5.69 Å². The van der Waals surface area contributed by atoms with Gasteiger partial charge in [-0.15, -0.1) is 0 Å². The number of aliphatic hydroxyl groups is 1. The third kappa shape index (κ3) is 5.58. The van der Waals surface area contributed by atoms with Gasteiger partial charge in [0.2, 0.25) is 5.91 Å². The molecule has 0 radical (unpaired) electrons. The van der Waals surface area contributed by atoms with E-state index in [1.165, 1.54) is 13.2 Å². The Kier molecular flexibility index (Phi) is 7.39. The highest BCUT2D eigenvalue weighted by atomic mass is 16.5. The van der Waals surface area contributed by atoms with Crippen LogP contribution in [-0.4, -0.2) is 44.3 Å². The van der Waals surface area contributed by atoms with Crippen molar-refractivity contribution < 1.29 is 24.2 Å². The zero-order chi connectivity index (χ0) is 19.6. The summed E-state index contributed by atoms with van der Waals surface area (Å²) in [5.74, 6) is 0.406. The van der Waals surface area contributed by atoms with Crippen molar-refractivity contribution in [2.24, 2.45) is 0 Å². The summed E-state index contributed by atoms with van der Waals surface area (Å²) < 4.78 is 10.4. The Balaban J connectivity index is 2.10. The van der Waals surface area contributed by atoms with Gasteiger partial charge >= 0.3 is 0 Å². The number of hydrogen-bond acceptors (Lipinski definition) is 5. The fourth-order valence-corrected chi connectivity index (χ4v) is 2.36. The predicted octanol–water partition coefficient (Wildman–Crippen LogP) is 2.08. The maximum Gasteiger partial charge on any atom is 0.253 e. The van der Waals surface area contributed by atoms with E-state index < -0.39 is 0 Å². The van der Waals surface area contributed by atoms with Gasteiger partial charge < -0.3 is 25.2 Å². The van der Waals surface area contributed by atoms with E-state index in [1.807, 2.05) is 0 Å². The van der Waals surface area contributed by atoms with E-state index in [2.05, 4.69) is 10.6 Å². The van der Waals surface area contributed by atoms with E-state index in [1.54, 1.807) is 55.7 Å². The first-order chi connectivity index (χ1) is 13.1. The second kappa shape index (κ2) is 9.98. The van der Waals surface area contributed by atoms with Gasteiger partial charge in [0.1, 0.15) is 0 Å². The normalized spacial score (nSPS) is 10.5. The Labute approximate surface area is 157 Å². The van der Waals surface area contributed by atoms with Gasteiger partial charge in [-0.3, -0.25) is 9.59 Å². The Bertz CT molecular complexity index is 833. The maximum absolute atomic E-state index is 12.2. The standard InChI is InChI=1S/C20H22N2O5/c1-26-17-9-7-14(13-18(17)27-2)8-10-19(24)22-16-6-4-3-5-15(16)20(25)21-11-12-23/h3-10,13,23H,11-12H2,1-2H3,(H,21,25)(H,22,24). The lowest BCUT2D eigenvalue weighted by molar-refractivity contribution is -0.111. The molecule has 0 aromatic heterocycles. The van der Waals surface area contributed by atoms with Gasteiger partial charge in [0, 0.05) is 12.6 Å². The summed E-state index contributed by atoms with van der Waals surface area (Å²) >= 11 is 0. The van der Waals surface area contributed by atoms with Crippen molar-refractivity contribution in [2.45, 2.75) is 0 Å².